The van der Waals surface area contributed by atoms with E-state index in [0.717, 1.165) is 18.5 Å². The molecule has 0 saturated carbocycles. The van der Waals surface area contributed by atoms with Gasteiger partial charge in [0.25, 0.3) is 5.91 Å². The Balaban J connectivity index is 1.61. The van der Waals surface area contributed by atoms with Gasteiger partial charge in [0.15, 0.2) is 11.3 Å². The van der Waals surface area contributed by atoms with Gasteiger partial charge in [-0.25, -0.2) is 4.98 Å². The monoisotopic (exact) mass is 308 g/mol. The van der Waals surface area contributed by atoms with Crippen molar-refractivity contribution in [3.05, 3.63) is 65.5 Å². The Hall–Kier alpha value is -2.62. The van der Waals surface area contributed by atoms with Gasteiger partial charge in [-0.15, -0.1) is 0 Å². The number of hydrogen-bond acceptors (Lipinski definition) is 3. The number of nitrogens with zero attached hydrogens (tertiary/aromatic N) is 1. The summed E-state index contributed by atoms with van der Waals surface area (Å²) in [5, 5.41) is 2.98. The second kappa shape index (κ2) is 6.65. The summed E-state index contributed by atoms with van der Waals surface area (Å²) < 4.78 is 5.57. The molecule has 1 N–H and O–H groups in total. The van der Waals surface area contributed by atoms with Crippen LogP contribution >= 0.6 is 0 Å². The summed E-state index contributed by atoms with van der Waals surface area (Å²) in [7, 11) is 0. The Morgan fingerprint density at radius 1 is 1.22 bits per heavy atom. The lowest BCUT2D eigenvalue weighted by atomic mass is 10.1. The first-order valence-corrected chi connectivity index (χ1v) is 7.84. The smallest absolute Gasteiger partial charge is 0.287 e. The summed E-state index contributed by atoms with van der Waals surface area (Å²) >= 11 is 0. The maximum atomic E-state index is 12.3. The largest absolute Gasteiger partial charge is 0.449 e. The van der Waals surface area contributed by atoms with E-state index in [2.05, 4.69) is 22.4 Å². The van der Waals surface area contributed by atoms with Crippen LogP contribution in [-0.4, -0.2) is 16.9 Å². The highest BCUT2D eigenvalue weighted by Gasteiger charge is 2.15. The van der Waals surface area contributed by atoms with Crippen molar-refractivity contribution in [1.29, 1.82) is 0 Å². The third kappa shape index (κ3) is 3.77. The number of furan rings is 1. The minimum Gasteiger partial charge on any atom is -0.449 e. The highest BCUT2D eigenvalue weighted by Crippen LogP contribution is 2.18. The van der Waals surface area contributed by atoms with Gasteiger partial charge in [0, 0.05) is 17.8 Å². The van der Waals surface area contributed by atoms with Crippen molar-refractivity contribution < 1.29 is 9.21 Å². The zero-order valence-corrected chi connectivity index (χ0v) is 13.4. The van der Waals surface area contributed by atoms with E-state index < -0.39 is 0 Å². The van der Waals surface area contributed by atoms with Crippen LogP contribution in [-0.2, 0) is 6.42 Å². The van der Waals surface area contributed by atoms with Crippen molar-refractivity contribution >= 4 is 17.0 Å². The van der Waals surface area contributed by atoms with Crippen molar-refractivity contribution in [2.24, 2.45) is 0 Å². The molecule has 2 aromatic heterocycles. The second-order valence-electron chi connectivity index (χ2n) is 5.85. The minimum atomic E-state index is -0.193. The molecule has 118 valence electrons. The normalized spacial score (nSPS) is 12.3. The van der Waals surface area contributed by atoms with E-state index in [-0.39, 0.29) is 11.9 Å². The summed E-state index contributed by atoms with van der Waals surface area (Å²) in [6.07, 6.45) is 1.82. The Bertz CT molecular complexity index is 809. The number of amides is 1. The fraction of sp³-hybridized carbons (Fsp3) is 0.263. The van der Waals surface area contributed by atoms with E-state index in [0.29, 0.717) is 16.9 Å². The number of carbonyl (C=O) groups excluding carboxylic acids is 1. The quantitative estimate of drug-likeness (QED) is 0.778. The number of aryl methyl sites for hydroxylation is 2. The van der Waals surface area contributed by atoms with Gasteiger partial charge in [-0.2, -0.15) is 0 Å². The Labute approximate surface area is 135 Å². The van der Waals surface area contributed by atoms with Gasteiger partial charge in [0.2, 0.25) is 0 Å². The molecular weight excluding hydrogens is 288 g/mol. The maximum Gasteiger partial charge on any atom is 0.287 e. The summed E-state index contributed by atoms with van der Waals surface area (Å²) in [5.74, 6) is 0.117. The number of carbonyl (C=O) groups is 1. The minimum absolute atomic E-state index is 0.0746. The Morgan fingerprint density at radius 3 is 2.78 bits per heavy atom. The van der Waals surface area contributed by atoms with Gasteiger partial charge in [-0.3, -0.25) is 4.79 Å². The third-order valence-corrected chi connectivity index (χ3v) is 3.82. The first-order valence-electron chi connectivity index (χ1n) is 7.84. The average Bonchev–Trinajstić information content (AvgIpc) is 2.97. The molecule has 0 bridgehead atoms. The van der Waals surface area contributed by atoms with Crippen LogP contribution in [0.1, 0.15) is 35.2 Å². The summed E-state index contributed by atoms with van der Waals surface area (Å²) in [6.45, 7) is 3.92. The standard InChI is InChI=1S/C19H20N2O2/c1-13-9-11-17-16(20-13)12-18(23-17)19(22)21-14(2)8-10-15-6-4-3-5-7-15/h3-7,9,11-12,14H,8,10H2,1-2H3,(H,21,22). The molecule has 0 radical (unpaired) electrons. The zero-order chi connectivity index (χ0) is 16.2. The molecule has 0 aliphatic carbocycles. The fourth-order valence-corrected chi connectivity index (χ4v) is 2.53. The molecule has 0 saturated heterocycles. The molecule has 1 atom stereocenters. The van der Waals surface area contributed by atoms with Crippen LogP contribution in [0.25, 0.3) is 11.1 Å². The number of fused-ring (bicyclic) bond motifs is 1. The first-order chi connectivity index (χ1) is 11.1. The predicted molar refractivity (Wildman–Crippen MR) is 90.4 cm³/mol. The van der Waals surface area contributed by atoms with E-state index in [1.807, 2.05) is 44.2 Å². The van der Waals surface area contributed by atoms with E-state index >= 15 is 0 Å². The van der Waals surface area contributed by atoms with Gasteiger partial charge >= 0.3 is 0 Å². The summed E-state index contributed by atoms with van der Waals surface area (Å²) in [6, 6.07) is 15.7. The fourth-order valence-electron chi connectivity index (χ4n) is 2.53. The molecule has 1 amide bonds. The van der Waals surface area contributed by atoms with E-state index in [1.54, 1.807) is 6.07 Å². The van der Waals surface area contributed by atoms with Gasteiger partial charge in [0.1, 0.15) is 5.52 Å². The molecule has 2 heterocycles. The SMILES string of the molecule is Cc1ccc2oc(C(=O)NC(C)CCc3ccccc3)cc2n1. The molecule has 3 aromatic rings. The van der Waals surface area contributed by atoms with E-state index in [1.165, 1.54) is 5.56 Å². The van der Waals surface area contributed by atoms with Crippen LogP contribution in [0.3, 0.4) is 0 Å². The molecular formula is C19H20N2O2. The van der Waals surface area contributed by atoms with Crippen molar-refractivity contribution in [3.8, 4) is 0 Å². The number of benzene rings is 1. The molecule has 1 aromatic carbocycles. The summed E-state index contributed by atoms with van der Waals surface area (Å²) in [4.78, 5) is 16.6. The average molecular weight is 308 g/mol. The molecule has 4 nitrogen and oxygen atoms in total. The van der Waals surface area contributed by atoms with Crippen LogP contribution in [0.5, 0.6) is 0 Å². The lowest BCUT2D eigenvalue weighted by molar-refractivity contribution is 0.0912. The molecule has 0 aliphatic rings. The van der Waals surface area contributed by atoms with Gasteiger partial charge < -0.3 is 9.73 Å². The first kappa shape index (κ1) is 15.3. The van der Waals surface area contributed by atoms with Crippen LogP contribution in [0, 0.1) is 6.92 Å². The van der Waals surface area contributed by atoms with Gasteiger partial charge in [-0.05, 0) is 44.4 Å². The lowest BCUT2D eigenvalue weighted by Crippen LogP contribution is -2.32. The predicted octanol–water partition coefficient (Wildman–Crippen LogP) is 3.89. The number of aromatic nitrogens is 1. The molecule has 3 rings (SSSR count). The number of hydrogen-bond donors (Lipinski definition) is 1. The molecule has 0 spiro atoms. The van der Waals surface area contributed by atoms with Crippen LogP contribution < -0.4 is 5.32 Å². The van der Waals surface area contributed by atoms with Crippen LogP contribution in [0.2, 0.25) is 0 Å². The van der Waals surface area contributed by atoms with Crippen LogP contribution in [0.4, 0.5) is 0 Å². The van der Waals surface area contributed by atoms with Crippen LogP contribution in [0.15, 0.2) is 52.9 Å². The topological polar surface area (TPSA) is 55.1 Å². The molecule has 0 fully saturated rings. The van der Waals surface area contributed by atoms with Crippen molar-refractivity contribution in [2.45, 2.75) is 32.7 Å². The highest BCUT2D eigenvalue weighted by molar-refractivity contribution is 5.95. The van der Waals surface area contributed by atoms with Crippen molar-refractivity contribution in [3.63, 3.8) is 0 Å². The van der Waals surface area contributed by atoms with Gasteiger partial charge in [-0.1, -0.05) is 30.3 Å². The highest BCUT2D eigenvalue weighted by atomic mass is 16.3. The Morgan fingerprint density at radius 2 is 2.00 bits per heavy atom. The third-order valence-electron chi connectivity index (χ3n) is 3.82. The lowest BCUT2D eigenvalue weighted by Gasteiger charge is -2.12. The molecule has 23 heavy (non-hydrogen) atoms. The summed E-state index contributed by atoms with van der Waals surface area (Å²) in [5.41, 5.74) is 3.53. The number of pyridine rings is 1. The second-order valence-corrected chi connectivity index (χ2v) is 5.85. The zero-order valence-electron chi connectivity index (χ0n) is 13.4. The maximum absolute atomic E-state index is 12.3. The number of rotatable bonds is 5. The van der Waals surface area contributed by atoms with E-state index in [4.69, 9.17) is 4.42 Å². The Kier molecular flexibility index (Phi) is 4.42. The van der Waals surface area contributed by atoms with Crippen molar-refractivity contribution in [2.75, 3.05) is 0 Å². The number of nitrogens with one attached hydrogen (secondary N) is 1. The molecule has 0 aliphatic heterocycles. The van der Waals surface area contributed by atoms with Crippen molar-refractivity contribution in [1.82, 2.24) is 10.3 Å². The van der Waals surface area contributed by atoms with Gasteiger partial charge in [0.05, 0.1) is 0 Å². The molecule has 1 unspecified atom stereocenters. The van der Waals surface area contributed by atoms with E-state index in [9.17, 15) is 4.79 Å². The molecule has 4 heteroatoms.